The van der Waals surface area contributed by atoms with Gasteiger partial charge in [-0.25, -0.2) is 0 Å². The predicted molar refractivity (Wildman–Crippen MR) is 117 cm³/mol. The Morgan fingerprint density at radius 1 is 0.970 bits per heavy atom. The van der Waals surface area contributed by atoms with Gasteiger partial charge in [-0.05, 0) is 42.3 Å². The fraction of sp³-hybridized carbons (Fsp3) is 0.200. The highest BCUT2D eigenvalue weighted by molar-refractivity contribution is 6.08. The molecule has 1 heterocycles. The van der Waals surface area contributed by atoms with Crippen molar-refractivity contribution in [3.63, 3.8) is 0 Å². The Labute approximate surface area is 188 Å². The van der Waals surface area contributed by atoms with Gasteiger partial charge in [0, 0.05) is 12.1 Å². The van der Waals surface area contributed by atoms with E-state index in [4.69, 9.17) is 4.74 Å². The van der Waals surface area contributed by atoms with E-state index in [0.717, 1.165) is 17.7 Å². The van der Waals surface area contributed by atoms with Crippen LogP contribution in [0.3, 0.4) is 0 Å². The minimum atomic E-state index is -4.57. The highest BCUT2D eigenvalue weighted by Gasteiger charge is 2.35. The maximum absolute atomic E-state index is 13.2. The molecule has 0 saturated carbocycles. The van der Waals surface area contributed by atoms with E-state index in [1.165, 1.54) is 17.0 Å². The van der Waals surface area contributed by atoms with Crippen LogP contribution in [-0.2, 0) is 17.4 Å². The van der Waals surface area contributed by atoms with Crippen LogP contribution in [0.4, 0.5) is 18.9 Å². The van der Waals surface area contributed by atoms with Crippen molar-refractivity contribution in [2.45, 2.75) is 18.7 Å². The van der Waals surface area contributed by atoms with Crippen molar-refractivity contribution in [1.29, 1.82) is 0 Å². The SMILES string of the molecule is O=C(NCCc1ccccc1)[C@H]1CN(C(=O)c2cccc(C(F)(F)F)c2)c2ccccc2O1. The maximum Gasteiger partial charge on any atom is 0.416 e. The number of hydrogen-bond donors (Lipinski definition) is 1. The van der Waals surface area contributed by atoms with Crippen LogP contribution in [-0.4, -0.2) is 31.0 Å². The zero-order chi connectivity index (χ0) is 23.4. The lowest BCUT2D eigenvalue weighted by Crippen LogP contribution is -2.51. The highest BCUT2D eigenvalue weighted by atomic mass is 19.4. The smallest absolute Gasteiger partial charge is 0.416 e. The van der Waals surface area contributed by atoms with Gasteiger partial charge in [0.1, 0.15) is 5.75 Å². The van der Waals surface area contributed by atoms with Crippen molar-refractivity contribution in [3.05, 3.63) is 95.6 Å². The standard InChI is InChI=1S/C25H21F3N2O3/c26-25(27,28)19-10-6-9-18(15-19)24(32)30-16-22(33-21-12-5-4-11-20(21)30)23(31)29-14-13-17-7-2-1-3-8-17/h1-12,15,22H,13-14,16H2,(H,29,31)/t22-/m1/s1. The number of ether oxygens (including phenoxy) is 1. The molecule has 170 valence electrons. The number of benzene rings is 3. The number of fused-ring (bicyclic) bond motifs is 1. The molecule has 0 fully saturated rings. The van der Waals surface area contributed by atoms with Gasteiger partial charge in [0.25, 0.3) is 11.8 Å². The molecule has 0 saturated heterocycles. The Bertz CT molecular complexity index is 1150. The predicted octanol–water partition coefficient (Wildman–Crippen LogP) is 4.47. The molecule has 1 aliphatic rings. The van der Waals surface area contributed by atoms with E-state index in [2.05, 4.69) is 5.32 Å². The fourth-order valence-electron chi connectivity index (χ4n) is 3.64. The van der Waals surface area contributed by atoms with Crippen LogP contribution in [0.5, 0.6) is 5.75 Å². The van der Waals surface area contributed by atoms with Gasteiger partial charge in [0.15, 0.2) is 6.10 Å². The Morgan fingerprint density at radius 2 is 1.70 bits per heavy atom. The van der Waals surface area contributed by atoms with Crippen LogP contribution in [0.25, 0.3) is 0 Å². The number of hydrogen-bond acceptors (Lipinski definition) is 3. The number of rotatable bonds is 5. The molecule has 0 radical (unpaired) electrons. The highest BCUT2D eigenvalue weighted by Crippen LogP contribution is 2.35. The summed E-state index contributed by atoms with van der Waals surface area (Å²) in [4.78, 5) is 27.2. The lowest BCUT2D eigenvalue weighted by Gasteiger charge is -2.34. The van der Waals surface area contributed by atoms with Gasteiger partial charge in [0.2, 0.25) is 0 Å². The molecule has 0 bridgehead atoms. The Morgan fingerprint density at radius 3 is 2.45 bits per heavy atom. The summed E-state index contributed by atoms with van der Waals surface area (Å²) in [6.07, 6.45) is -4.94. The molecule has 4 rings (SSSR count). The molecule has 5 nitrogen and oxygen atoms in total. The molecule has 2 amide bonds. The van der Waals surface area contributed by atoms with E-state index >= 15 is 0 Å². The van der Waals surface area contributed by atoms with E-state index in [-0.39, 0.29) is 12.1 Å². The zero-order valence-electron chi connectivity index (χ0n) is 17.5. The summed E-state index contributed by atoms with van der Waals surface area (Å²) in [7, 11) is 0. The maximum atomic E-state index is 13.2. The van der Waals surface area contributed by atoms with Crippen LogP contribution in [0, 0.1) is 0 Å². The first-order chi connectivity index (χ1) is 15.8. The summed E-state index contributed by atoms with van der Waals surface area (Å²) in [6, 6.07) is 20.5. The molecule has 0 spiro atoms. The first-order valence-corrected chi connectivity index (χ1v) is 10.4. The minimum Gasteiger partial charge on any atom is -0.477 e. The molecule has 3 aromatic carbocycles. The van der Waals surface area contributed by atoms with Crippen molar-refractivity contribution in [1.82, 2.24) is 5.32 Å². The minimum absolute atomic E-state index is 0.121. The first-order valence-electron chi connectivity index (χ1n) is 10.4. The third-order valence-electron chi connectivity index (χ3n) is 5.30. The largest absolute Gasteiger partial charge is 0.477 e. The molecular weight excluding hydrogens is 433 g/mol. The third-order valence-corrected chi connectivity index (χ3v) is 5.30. The monoisotopic (exact) mass is 454 g/mol. The van der Waals surface area contributed by atoms with Gasteiger partial charge < -0.3 is 15.0 Å². The average Bonchev–Trinajstić information content (AvgIpc) is 2.83. The van der Waals surface area contributed by atoms with E-state index in [1.54, 1.807) is 24.3 Å². The molecule has 1 atom stereocenters. The van der Waals surface area contributed by atoms with E-state index in [9.17, 15) is 22.8 Å². The van der Waals surface area contributed by atoms with E-state index in [0.29, 0.717) is 24.4 Å². The Kier molecular flexibility index (Phi) is 6.35. The molecule has 1 aliphatic heterocycles. The number of halogens is 3. The van der Waals surface area contributed by atoms with Gasteiger partial charge in [-0.3, -0.25) is 9.59 Å². The molecule has 0 aromatic heterocycles. The Hall–Kier alpha value is -3.81. The third kappa shape index (κ3) is 5.16. The topological polar surface area (TPSA) is 58.6 Å². The van der Waals surface area contributed by atoms with Gasteiger partial charge in [-0.2, -0.15) is 13.2 Å². The van der Waals surface area contributed by atoms with Gasteiger partial charge in [0.05, 0.1) is 17.8 Å². The number of amides is 2. The molecule has 0 unspecified atom stereocenters. The number of nitrogens with zero attached hydrogens (tertiary/aromatic N) is 1. The number of anilines is 1. The normalized spacial score (nSPS) is 15.4. The van der Waals surface area contributed by atoms with Crippen molar-refractivity contribution < 1.29 is 27.5 Å². The zero-order valence-corrected chi connectivity index (χ0v) is 17.5. The lowest BCUT2D eigenvalue weighted by molar-refractivity contribution is -0.137. The van der Waals surface area contributed by atoms with Crippen molar-refractivity contribution in [3.8, 4) is 5.75 Å². The van der Waals surface area contributed by atoms with E-state index < -0.39 is 29.7 Å². The Balaban J connectivity index is 1.52. The van der Waals surface area contributed by atoms with Crippen LogP contribution in [0.1, 0.15) is 21.5 Å². The average molecular weight is 454 g/mol. The summed E-state index contributed by atoms with van der Waals surface area (Å²) in [5, 5.41) is 2.81. The fourth-order valence-corrected chi connectivity index (χ4v) is 3.64. The van der Waals surface area contributed by atoms with Crippen LogP contribution >= 0.6 is 0 Å². The molecule has 0 aliphatic carbocycles. The second-order valence-corrected chi connectivity index (χ2v) is 7.60. The van der Waals surface area contributed by atoms with Gasteiger partial charge in [-0.1, -0.05) is 48.5 Å². The quantitative estimate of drug-likeness (QED) is 0.619. The van der Waals surface area contributed by atoms with Crippen molar-refractivity contribution >= 4 is 17.5 Å². The number of carbonyl (C=O) groups excluding carboxylic acids is 2. The number of nitrogens with one attached hydrogen (secondary N) is 1. The molecule has 1 N–H and O–H groups in total. The molecule has 33 heavy (non-hydrogen) atoms. The molecule has 8 heteroatoms. The van der Waals surface area contributed by atoms with Crippen LogP contribution in [0.15, 0.2) is 78.9 Å². The second kappa shape index (κ2) is 9.36. The van der Waals surface area contributed by atoms with Crippen LogP contribution in [0.2, 0.25) is 0 Å². The second-order valence-electron chi connectivity index (χ2n) is 7.60. The molecule has 3 aromatic rings. The summed E-state index contributed by atoms with van der Waals surface area (Å²) < 4.78 is 45.2. The molecular formula is C25H21F3N2O3. The number of para-hydroxylation sites is 2. The summed E-state index contributed by atoms with van der Waals surface area (Å²) in [6.45, 7) is 0.259. The van der Waals surface area contributed by atoms with Gasteiger partial charge >= 0.3 is 6.18 Å². The van der Waals surface area contributed by atoms with Gasteiger partial charge in [-0.15, -0.1) is 0 Å². The van der Waals surface area contributed by atoms with E-state index in [1.807, 2.05) is 30.3 Å². The number of alkyl halides is 3. The summed E-state index contributed by atoms with van der Waals surface area (Å²) in [5.41, 5.74) is 0.428. The van der Waals surface area contributed by atoms with Crippen molar-refractivity contribution in [2.24, 2.45) is 0 Å². The summed E-state index contributed by atoms with van der Waals surface area (Å²) in [5.74, 6) is -0.728. The van der Waals surface area contributed by atoms with Crippen LogP contribution < -0.4 is 15.0 Å². The lowest BCUT2D eigenvalue weighted by atomic mass is 10.1. The van der Waals surface area contributed by atoms with Crippen molar-refractivity contribution in [2.75, 3.05) is 18.0 Å². The summed E-state index contributed by atoms with van der Waals surface area (Å²) >= 11 is 0. The number of carbonyl (C=O) groups is 2. The first kappa shape index (κ1) is 22.4.